The summed E-state index contributed by atoms with van der Waals surface area (Å²) in [5.41, 5.74) is 2.14. The maximum atomic E-state index is 11.7. The van der Waals surface area contributed by atoms with Gasteiger partial charge in [-0.15, -0.1) is 0 Å². The van der Waals surface area contributed by atoms with Crippen LogP contribution >= 0.6 is 0 Å². The van der Waals surface area contributed by atoms with Gasteiger partial charge in [0.1, 0.15) is 6.04 Å². The van der Waals surface area contributed by atoms with Crippen LogP contribution in [0.2, 0.25) is 0 Å². The number of nitrogens with zero attached hydrogens (tertiary/aromatic N) is 1. The zero-order valence-electron chi connectivity index (χ0n) is 12.5. The van der Waals surface area contributed by atoms with Crippen LogP contribution in [0.5, 0.6) is 0 Å². The Balaban J connectivity index is 2.18. The molecule has 0 spiro atoms. The lowest BCUT2D eigenvalue weighted by atomic mass is 9.92. The smallest absolute Gasteiger partial charge is 0.325 e. The molecule has 1 atom stereocenters. The summed E-state index contributed by atoms with van der Waals surface area (Å²) in [5.74, 6) is -0.748. The van der Waals surface area contributed by atoms with Gasteiger partial charge in [0.15, 0.2) is 0 Å². The molecule has 110 valence electrons. The normalized spacial score (nSPS) is 18.1. The lowest BCUT2D eigenvalue weighted by Gasteiger charge is -2.35. The molecule has 2 rings (SSSR count). The van der Waals surface area contributed by atoms with E-state index >= 15 is 0 Å². The van der Waals surface area contributed by atoms with Gasteiger partial charge in [-0.05, 0) is 37.4 Å². The molecule has 3 nitrogen and oxygen atoms in total. The number of carboxylic acid groups (broad SMARTS) is 1. The van der Waals surface area contributed by atoms with Crippen molar-refractivity contribution in [3.05, 3.63) is 35.4 Å². The average molecular weight is 275 g/mol. The number of carboxylic acids is 1. The molecule has 0 aliphatic heterocycles. The Hall–Kier alpha value is -1.35. The van der Waals surface area contributed by atoms with Gasteiger partial charge < -0.3 is 5.11 Å². The molecular weight excluding hydrogens is 250 g/mol. The van der Waals surface area contributed by atoms with Crippen LogP contribution in [0.3, 0.4) is 0 Å². The van der Waals surface area contributed by atoms with Gasteiger partial charge >= 0.3 is 5.97 Å². The van der Waals surface area contributed by atoms with Crippen LogP contribution < -0.4 is 0 Å². The minimum atomic E-state index is -0.748. The molecule has 0 heterocycles. The standard InChI is InChI=1S/C17H25NO2/c1-3-13-9-11-14(12-10-13)16(17(19)20)18(2)15-7-5-4-6-8-15/h9-12,15-16H,3-8H2,1-2H3,(H,19,20). The van der Waals surface area contributed by atoms with Crippen molar-refractivity contribution in [1.82, 2.24) is 4.90 Å². The molecule has 3 heteroatoms. The molecule has 1 aromatic carbocycles. The van der Waals surface area contributed by atoms with E-state index in [1.165, 1.54) is 24.8 Å². The highest BCUT2D eigenvalue weighted by atomic mass is 16.4. The van der Waals surface area contributed by atoms with Crippen molar-refractivity contribution in [3.63, 3.8) is 0 Å². The van der Waals surface area contributed by atoms with E-state index in [1.54, 1.807) is 0 Å². The van der Waals surface area contributed by atoms with Gasteiger partial charge in [-0.2, -0.15) is 0 Å². The van der Waals surface area contributed by atoms with Gasteiger partial charge in [0.25, 0.3) is 0 Å². The minimum Gasteiger partial charge on any atom is -0.480 e. The zero-order chi connectivity index (χ0) is 14.5. The average Bonchev–Trinajstić information content (AvgIpc) is 2.48. The number of hydrogen-bond donors (Lipinski definition) is 1. The third-order valence-corrected chi connectivity index (χ3v) is 4.50. The fraction of sp³-hybridized carbons (Fsp3) is 0.588. The Morgan fingerprint density at radius 2 is 1.85 bits per heavy atom. The van der Waals surface area contributed by atoms with E-state index < -0.39 is 12.0 Å². The van der Waals surface area contributed by atoms with Crippen molar-refractivity contribution in [2.24, 2.45) is 0 Å². The molecule has 1 aromatic rings. The van der Waals surface area contributed by atoms with E-state index in [4.69, 9.17) is 0 Å². The quantitative estimate of drug-likeness (QED) is 0.892. The fourth-order valence-electron chi connectivity index (χ4n) is 3.19. The van der Waals surface area contributed by atoms with E-state index in [1.807, 2.05) is 31.3 Å². The second-order valence-corrected chi connectivity index (χ2v) is 5.79. The highest BCUT2D eigenvalue weighted by molar-refractivity contribution is 5.75. The number of aryl methyl sites for hydroxylation is 1. The van der Waals surface area contributed by atoms with Gasteiger partial charge in [0.2, 0.25) is 0 Å². The maximum Gasteiger partial charge on any atom is 0.325 e. The van der Waals surface area contributed by atoms with Crippen molar-refractivity contribution in [1.29, 1.82) is 0 Å². The third-order valence-electron chi connectivity index (χ3n) is 4.50. The molecule has 0 aromatic heterocycles. The van der Waals surface area contributed by atoms with Gasteiger partial charge in [0, 0.05) is 6.04 Å². The SMILES string of the molecule is CCc1ccc(C(C(=O)O)N(C)C2CCCCC2)cc1. The topological polar surface area (TPSA) is 40.5 Å². The van der Waals surface area contributed by atoms with Crippen molar-refractivity contribution < 1.29 is 9.90 Å². The Morgan fingerprint density at radius 1 is 1.25 bits per heavy atom. The van der Waals surface area contributed by atoms with Crippen molar-refractivity contribution in [3.8, 4) is 0 Å². The Labute approximate surface area is 121 Å². The summed E-state index contributed by atoms with van der Waals surface area (Å²) in [7, 11) is 1.96. The molecule has 0 bridgehead atoms. The number of carbonyl (C=O) groups is 1. The summed E-state index contributed by atoms with van der Waals surface area (Å²) in [5, 5.41) is 9.61. The molecule has 1 saturated carbocycles. The summed E-state index contributed by atoms with van der Waals surface area (Å²) in [6.45, 7) is 2.11. The van der Waals surface area contributed by atoms with Crippen molar-refractivity contribution in [2.45, 2.75) is 57.5 Å². The summed E-state index contributed by atoms with van der Waals surface area (Å²) < 4.78 is 0. The van der Waals surface area contributed by atoms with Crippen molar-refractivity contribution in [2.75, 3.05) is 7.05 Å². The highest BCUT2D eigenvalue weighted by Gasteiger charge is 2.30. The lowest BCUT2D eigenvalue weighted by molar-refractivity contribution is -0.144. The number of benzene rings is 1. The van der Waals surface area contributed by atoms with Crippen LogP contribution in [-0.2, 0) is 11.2 Å². The lowest BCUT2D eigenvalue weighted by Crippen LogP contribution is -2.40. The molecule has 1 aliphatic rings. The highest BCUT2D eigenvalue weighted by Crippen LogP contribution is 2.29. The number of likely N-dealkylation sites (N-methyl/N-ethyl adjacent to an activating group) is 1. The first kappa shape index (κ1) is 15.0. The molecule has 0 amide bonds. The molecule has 0 radical (unpaired) electrons. The van der Waals surface area contributed by atoms with Crippen LogP contribution in [-0.4, -0.2) is 29.1 Å². The van der Waals surface area contributed by atoms with E-state index in [0.29, 0.717) is 6.04 Å². The fourth-order valence-corrected chi connectivity index (χ4v) is 3.19. The van der Waals surface area contributed by atoms with Gasteiger partial charge in [-0.3, -0.25) is 9.69 Å². The first-order valence-electron chi connectivity index (χ1n) is 7.67. The Kier molecular flexibility index (Phi) is 5.18. The van der Waals surface area contributed by atoms with E-state index in [0.717, 1.165) is 24.8 Å². The van der Waals surface area contributed by atoms with Crippen LogP contribution in [0.4, 0.5) is 0 Å². The molecule has 20 heavy (non-hydrogen) atoms. The molecule has 1 fully saturated rings. The molecule has 1 unspecified atom stereocenters. The predicted molar refractivity (Wildman–Crippen MR) is 80.8 cm³/mol. The maximum absolute atomic E-state index is 11.7. The van der Waals surface area contributed by atoms with E-state index in [9.17, 15) is 9.90 Å². The first-order chi connectivity index (χ1) is 9.63. The summed E-state index contributed by atoms with van der Waals surface area (Å²) in [4.78, 5) is 13.8. The number of aliphatic carboxylic acids is 1. The first-order valence-corrected chi connectivity index (χ1v) is 7.67. The summed E-state index contributed by atoms with van der Waals surface area (Å²) in [6.07, 6.45) is 6.94. The zero-order valence-corrected chi connectivity index (χ0v) is 12.5. The molecule has 1 aliphatic carbocycles. The number of hydrogen-bond acceptors (Lipinski definition) is 2. The summed E-state index contributed by atoms with van der Waals surface area (Å²) >= 11 is 0. The second kappa shape index (κ2) is 6.89. The van der Waals surface area contributed by atoms with Crippen LogP contribution in [0, 0.1) is 0 Å². The van der Waals surface area contributed by atoms with Gasteiger partial charge in [0.05, 0.1) is 0 Å². The minimum absolute atomic E-state index is 0.399. The second-order valence-electron chi connectivity index (χ2n) is 5.79. The summed E-state index contributed by atoms with van der Waals surface area (Å²) in [6, 6.07) is 7.90. The number of rotatable bonds is 5. The van der Waals surface area contributed by atoms with E-state index in [-0.39, 0.29) is 0 Å². The molecular formula is C17H25NO2. The molecule has 0 saturated heterocycles. The van der Waals surface area contributed by atoms with Gasteiger partial charge in [-0.1, -0.05) is 50.5 Å². The largest absolute Gasteiger partial charge is 0.480 e. The Bertz CT molecular complexity index is 435. The van der Waals surface area contributed by atoms with Crippen LogP contribution in [0.1, 0.15) is 56.2 Å². The van der Waals surface area contributed by atoms with Gasteiger partial charge in [-0.25, -0.2) is 0 Å². The monoisotopic (exact) mass is 275 g/mol. The third kappa shape index (κ3) is 3.40. The van der Waals surface area contributed by atoms with Crippen LogP contribution in [0.15, 0.2) is 24.3 Å². The molecule has 1 N–H and O–H groups in total. The van der Waals surface area contributed by atoms with Crippen LogP contribution in [0.25, 0.3) is 0 Å². The predicted octanol–water partition coefficient (Wildman–Crippen LogP) is 3.64. The Morgan fingerprint density at radius 3 is 2.35 bits per heavy atom. The van der Waals surface area contributed by atoms with Crippen molar-refractivity contribution >= 4 is 5.97 Å². The van der Waals surface area contributed by atoms with E-state index in [2.05, 4.69) is 11.8 Å².